The number of methoxy groups -OCH3 is 1. The van der Waals surface area contributed by atoms with Crippen molar-refractivity contribution in [2.75, 3.05) is 20.3 Å². The number of amides is 1. The SMILES string of the molecule is CCOc1cc(/C=C2\SC(=Nc3ccc(CC)cc3)NC2=O)c(Br)cc1OCC(=O)OC. The molecule has 0 saturated carbocycles. The van der Waals surface area contributed by atoms with E-state index in [0.29, 0.717) is 32.7 Å². The van der Waals surface area contributed by atoms with Crippen molar-refractivity contribution in [3.63, 3.8) is 0 Å². The third-order valence-corrected chi connectivity index (χ3v) is 6.05. The van der Waals surface area contributed by atoms with Crippen LogP contribution in [-0.2, 0) is 20.7 Å². The first-order valence-corrected chi connectivity index (χ1v) is 11.6. The molecule has 1 N–H and O–H groups in total. The maximum Gasteiger partial charge on any atom is 0.343 e. The molecular weight excluding hydrogens is 496 g/mol. The lowest BCUT2D eigenvalue weighted by atomic mass is 10.2. The second-order valence-electron chi connectivity index (χ2n) is 6.62. The van der Waals surface area contributed by atoms with Crippen molar-refractivity contribution in [3.05, 3.63) is 56.9 Å². The van der Waals surface area contributed by atoms with Gasteiger partial charge in [0.15, 0.2) is 23.3 Å². The van der Waals surface area contributed by atoms with Crippen molar-refractivity contribution < 1.29 is 23.8 Å². The minimum atomic E-state index is -0.495. The quantitative estimate of drug-likeness (QED) is 0.396. The molecule has 0 radical (unpaired) electrons. The van der Waals surface area contributed by atoms with Gasteiger partial charge in [0, 0.05) is 4.47 Å². The number of benzene rings is 2. The summed E-state index contributed by atoms with van der Waals surface area (Å²) in [4.78, 5) is 28.9. The molecule has 9 heteroatoms. The van der Waals surface area contributed by atoms with Crippen LogP contribution < -0.4 is 14.8 Å². The average molecular weight is 519 g/mol. The van der Waals surface area contributed by atoms with Gasteiger partial charge in [0.05, 0.1) is 24.3 Å². The third-order valence-electron chi connectivity index (χ3n) is 4.45. The Morgan fingerprint density at radius 3 is 2.53 bits per heavy atom. The Bertz CT molecular complexity index is 1070. The van der Waals surface area contributed by atoms with Crippen LogP contribution in [0.3, 0.4) is 0 Å². The van der Waals surface area contributed by atoms with Crippen LogP contribution in [0.4, 0.5) is 5.69 Å². The highest BCUT2D eigenvalue weighted by Gasteiger charge is 2.24. The molecule has 1 fully saturated rings. The van der Waals surface area contributed by atoms with Gasteiger partial charge < -0.3 is 19.5 Å². The number of aryl methyl sites for hydroxylation is 1. The summed E-state index contributed by atoms with van der Waals surface area (Å²) < 4.78 is 16.5. The zero-order valence-corrected chi connectivity index (χ0v) is 20.3. The van der Waals surface area contributed by atoms with Gasteiger partial charge in [0.25, 0.3) is 5.91 Å². The number of rotatable bonds is 8. The highest BCUT2D eigenvalue weighted by Crippen LogP contribution is 2.37. The molecule has 1 amide bonds. The van der Waals surface area contributed by atoms with Crippen molar-refractivity contribution in [2.45, 2.75) is 20.3 Å². The summed E-state index contributed by atoms with van der Waals surface area (Å²) in [6, 6.07) is 11.3. The van der Waals surface area contributed by atoms with E-state index in [4.69, 9.17) is 9.47 Å². The lowest BCUT2D eigenvalue weighted by molar-refractivity contribution is -0.142. The number of nitrogens with zero attached hydrogens (tertiary/aromatic N) is 1. The van der Waals surface area contributed by atoms with Crippen LogP contribution >= 0.6 is 27.7 Å². The van der Waals surface area contributed by atoms with Gasteiger partial charge in [-0.15, -0.1) is 0 Å². The van der Waals surface area contributed by atoms with Gasteiger partial charge in [-0.25, -0.2) is 9.79 Å². The van der Waals surface area contributed by atoms with Gasteiger partial charge in [-0.1, -0.05) is 35.0 Å². The monoisotopic (exact) mass is 518 g/mol. The van der Waals surface area contributed by atoms with Crippen molar-refractivity contribution in [2.24, 2.45) is 4.99 Å². The first-order valence-electron chi connectivity index (χ1n) is 9.98. The molecule has 0 spiro atoms. The van der Waals surface area contributed by atoms with Gasteiger partial charge in [0.2, 0.25) is 0 Å². The number of hydrogen-bond acceptors (Lipinski definition) is 7. The first-order chi connectivity index (χ1) is 15.4. The van der Waals surface area contributed by atoms with Gasteiger partial charge in [0.1, 0.15) is 0 Å². The number of esters is 1. The van der Waals surface area contributed by atoms with Crippen LogP contribution in [0.25, 0.3) is 6.08 Å². The van der Waals surface area contributed by atoms with E-state index in [0.717, 1.165) is 17.7 Å². The molecule has 1 saturated heterocycles. The molecule has 32 heavy (non-hydrogen) atoms. The Balaban J connectivity index is 1.83. The van der Waals surface area contributed by atoms with E-state index in [2.05, 4.69) is 37.9 Å². The highest BCUT2D eigenvalue weighted by molar-refractivity contribution is 9.10. The smallest absolute Gasteiger partial charge is 0.343 e. The lowest BCUT2D eigenvalue weighted by Crippen LogP contribution is -2.19. The van der Waals surface area contributed by atoms with E-state index in [1.165, 1.54) is 24.4 Å². The molecule has 3 rings (SSSR count). The number of hydrogen-bond donors (Lipinski definition) is 1. The summed E-state index contributed by atoms with van der Waals surface area (Å²) in [6.45, 7) is 4.12. The molecule has 0 bridgehead atoms. The highest BCUT2D eigenvalue weighted by atomic mass is 79.9. The third kappa shape index (κ3) is 6.14. The fourth-order valence-corrected chi connectivity index (χ4v) is 4.05. The number of ether oxygens (including phenoxy) is 3. The lowest BCUT2D eigenvalue weighted by Gasteiger charge is -2.13. The maximum atomic E-state index is 12.5. The Morgan fingerprint density at radius 2 is 1.88 bits per heavy atom. The van der Waals surface area contributed by atoms with Gasteiger partial charge >= 0.3 is 5.97 Å². The van der Waals surface area contributed by atoms with Crippen molar-refractivity contribution in [1.82, 2.24) is 5.32 Å². The summed E-state index contributed by atoms with van der Waals surface area (Å²) in [5, 5.41) is 3.31. The topological polar surface area (TPSA) is 86.2 Å². The van der Waals surface area contributed by atoms with Crippen molar-refractivity contribution in [3.8, 4) is 11.5 Å². The summed E-state index contributed by atoms with van der Waals surface area (Å²) in [5.41, 5.74) is 2.73. The number of thioether (sulfide) groups is 1. The summed E-state index contributed by atoms with van der Waals surface area (Å²) in [7, 11) is 1.29. The van der Waals surface area contributed by atoms with Crippen molar-refractivity contribution in [1.29, 1.82) is 0 Å². The van der Waals surface area contributed by atoms with Gasteiger partial charge in [-0.2, -0.15) is 0 Å². The molecule has 1 aliphatic heterocycles. The zero-order valence-electron chi connectivity index (χ0n) is 17.9. The number of carbonyl (C=O) groups excluding carboxylic acids is 2. The molecule has 0 atom stereocenters. The fraction of sp³-hybridized carbons (Fsp3) is 0.261. The van der Waals surface area contributed by atoms with Crippen LogP contribution in [0.5, 0.6) is 11.5 Å². The van der Waals surface area contributed by atoms with Crippen LogP contribution in [0.2, 0.25) is 0 Å². The van der Waals surface area contributed by atoms with E-state index < -0.39 is 5.97 Å². The molecule has 168 valence electrons. The fourth-order valence-electron chi connectivity index (χ4n) is 2.78. The van der Waals surface area contributed by atoms with Crippen LogP contribution in [0.1, 0.15) is 25.0 Å². The Kier molecular flexibility index (Phi) is 8.35. The number of amidine groups is 1. The van der Waals surface area contributed by atoms with Gasteiger partial charge in [-0.05, 0) is 66.6 Å². The first kappa shape index (κ1) is 23.9. The summed E-state index contributed by atoms with van der Waals surface area (Å²) in [6.07, 6.45) is 2.71. The molecule has 2 aromatic rings. The van der Waals surface area contributed by atoms with E-state index in [1.54, 1.807) is 18.2 Å². The maximum absolute atomic E-state index is 12.5. The Hall–Kier alpha value is -2.78. The molecular formula is C23H23BrN2O5S. The number of halogens is 1. The van der Waals surface area contributed by atoms with E-state index in [1.807, 2.05) is 31.2 Å². The zero-order chi connectivity index (χ0) is 23.1. The van der Waals surface area contributed by atoms with Crippen molar-refractivity contribution >= 4 is 56.5 Å². The number of nitrogens with one attached hydrogen (secondary N) is 1. The summed E-state index contributed by atoms with van der Waals surface area (Å²) >= 11 is 4.76. The standard InChI is InChI=1S/C23H23BrN2O5S/c1-4-14-6-8-16(9-7-14)25-23-26-22(28)20(32-23)11-15-10-18(30-5-2)19(12-17(15)24)31-13-21(27)29-3/h6-12H,4-5,13H2,1-3H3,(H,25,26,28)/b20-11-. The van der Waals surface area contributed by atoms with Gasteiger partial charge in [-0.3, -0.25) is 4.79 Å². The predicted octanol–water partition coefficient (Wildman–Crippen LogP) is 4.85. The molecule has 0 unspecified atom stereocenters. The minimum Gasteiger partial charge on any atom is -0.490 e. The largest absolute Gasteiger partial charge is 0.490 e. The predicted molar refractivity (Wildman–Crippen MR) is 129 cm³/mol. The van der Waals surface area contributed by atoms with Crippen LogP contribution in [0, 0.1) is 0 Å². The van der Waals surface area contributed by atoms with Crippen LogP contribution in [0.15, 0.2) is 50.8 Å². The number of aliphatic imine (C=N–C) groups is 1. The van der Waals surface area contributed by atoms with E-state index in [9.17, 15) is 9.59 Å². The molecule has 1 aliphatic rings. The minimum absolute atomic E-state index is 0.227. The second-order valence-corrected chi connectivity index (χ2v) is 8.50. The van der Waals surface area contributed by atoms with E-state index in [-0.39, 0.29) is 12.5 Å². The molecule has 7 nitrogen and oxygen atoms in total. The normalized spacial score (nSPS) is 15.7. The molecule has 0 aliphatic carbocycles. The van der Waals surface area contributed by atoms with Crippen LogP contribution in [-0.4, -0.2) is 37.4 Å². The average Bonchev–Trinajstić information content (AvgIpc) is 3.13. The Morgan fingerprint density at radius 1 is 1.16 bits per heavy atom. The molecule has 1 heterocycles. The van der Waals surface area contributed by atoms with E-state index >= 15 is 0 Å². The Labute approximate surface area is 199 Å². The molecule has 0 aromatic heterocycles. The summed E-state index contributed by atoms with van der Waals surface area (Å²) in [5.74, 6) is 0.132. The molecule has 2 aromatic carbocycles. The number of carbonyl (C=O) groups is 2. The second kappa shape index (κ2) is 11.2.